The van der Waals surface area contributed by atoms with E-state index in [1.807, 2.05) is 0 Å². The van der Waals surface area contributed by atoms with Crippen LogP contribution in [-0.2, 0) is 9.53 Å². The molecule has 0 spiro atoms. The molecule has 0 aliphatic carbocycles. The van der Waals surface area contributed by atoms with Crippen LogP contribution in [0.1, 0.15) is 0 Å². The van der Waals surface area contributed by atoms with Crippen molar-refractivity contribution < 1.29 is 40.2 Å². The molecular weight excluding hydrogens is 200 g/mol. The number of aliphatic carboxylic acids is 1. The zero-order valence-electron chi connectivity index (χ0n) is 6.81. The summed E-state index contributed by atoms with van der Waals surface area (Å²) in [5, 5.41) is 53.6. The van der Waals surface area contributed by atoms with Gasteiger partial charge in [-0.05, 0) is 0 Å². The Morgan fingerprint density at radius 1 is 1.14 bits per heavy atom. The van der Waals surface area contributed by atoms with Gasteiger partial charge in [0.25, 0.3) is 5.79 Å². The van der Waals surface area contributed by atoms with E-state index in [-0.39, 0.29) is 0 Å². The van der Waals surface area contributed by atoms with Crippen molar-refractivity contribution in [3.8, 4) is 0 Å². The minimum Gasteiger partial charge on any atom is -0.477 e. The van der Waals surface area contributed by atoms with Crippen LogP contribution in [-0.4, -0.2) is 67.0 Å². The summed E-state index contributed by atoms with van der Waals surface area (Å²) >= 11 is 0. The molecule has 1 saturated heterocycles. The second-order valence-corrected chi connectivity index (χ2v) is 2.94. The van der Waals surface area contributed by atoms with E-state index in [1.165, 1.54) is 0 Å². The molecule has 0 saturated carbocycles. The van der Waals surface area contributed by atoms with Gasteiger partial charge in [-0.25, -0.2) is 4.79 Å². The predicted molar refractivity (Wildman–Crippen MR) is 37.7 cm³/mol. The highest BCUT2D eigenvalue weighted by Gasteiger charge is 2.57. The van der Waals surface area contributed by atoms with E-state index >= 15 is 0 Å². The number of carboxylic acid groups (broad SMARTS) is 1. The molecule has 0 aromatic carbocycles. The molecule has 1 aliphatic rings. The molecule has 0 amide bonds. The normalized spacial score (nSPS) is 48.9. The summed E-state index contributed by atoms with van der Waals surface area (Å²) in [5.41, 5.74) is 0. The second-order valence-electron chi connectivity index (χ2n) is 2.94. The molecule has 1 heterocycles. The third kappa shape index (κ3) is 1.47. The Balaban J connectivity index is 2.96. The fourth-order valence-electron chi connectivity index (χ4n) is 1.09. The molecule has 1 aliphatic heterocycles. The largest absolute Gasteiger partial charge is 0.477 e. The Morgan fingerprint density at radius 3 is 2.07 bits per heavy atom. The Bertz CT molecular complexity index is 242. The van der Waals surface area contributed by atoms with Crippen LogP contribution in [0.3, 0.4) is 0 Å². The minimum atomic E-state index is -3.13. The first-order chi connectivity index (χ1) is 6.30. The van der Waals surface area contributed by atoms with Gasteiger partial charge >= 0.3 is 5.97 Å². The van der Waals surface area contributed by atoms with Gasteiger partial charge in [0.15, 0.2) is 6.29 Å². The van der Waals surface area contributed by atoms with E-state index in [1.54, 1.807) is 0 Å². The lowest BCUT2D eigenvalue weighted by Crippen LogP contribution is -2.67. The van der Waals surface area contributed by atoms with Crippen molar-refractivity contribution in [1.29, 1.82) is 0 Å². The van der Waals surface area contributed by atoms with Gasteiger partial charge in [0.1, 0.15) is 18.3 Å². The second kappa shape index (κ2) is 3.42. The van der Waals surface area contributed by atoms with E-state index in [0.29, 0.717) is 0 Å². The molecular formula is C6H10O8. The first-order valence-corrected chi connectivity index (χ1v) is 3.66. The summed E-state index contributed by atoms with van der Waals surface area (Å²) in [4.78, 5) is 10.4. The van der Waals surface area contributed by atoms with Crippen LogP contribution in [0.25, 0.3) is 0 Å². The number of carbonyl (C=O) groups is 1. The Kier molecular flexibility index (Phi) is 2.76. The van der Waals surface area contributed by atoms with Crippen LogP contribution in [0.4, 0.5) is 0 Å². The highest BCUT2D eigenvalue weighted by Crippen LogP contribution is 2.27. The zero-order chi connectivity index (χ0) is 11.1. The molecule has 8 nitrogen and oxygen atoms in total. The van der Waals surface area contributed by atoms with Crippen molar-refractivity contribution in [2.24, 2.45) is 0 Å². The van der Waals surface area contributed by atoms with Crippen molar-refractivity contribution in [2.45, 2.75) is 30.4 Å². The van der Waals surface area contributed by atoms with Crippen molar-refractivity contribution in [2.75, 3.05) is 0 Å². The third-order valence-electron chi connectivity index (χ3n) is 1.97. The summed E-state index contributed by atoms with van der Waals surface area (Å²) in [6.45, 7) is 0. The smallest absolute Gasteiger partial charge is 0.367 e. The number of rotatable bonds is 1. The molecule has 0 aromatic heterocycles. The van der Waals surface area contributed by atoms with Gasteiger partial charge < -0.3 is 35.4 Å². The van der Waals surface area contributed by atoms with E-state index in [9.17, 15) is 9.90 Å². The van der Waals surface area contributed by atoms with Gasteiger partial charge in [-0.2, -0.15) is 0 Å². The molecule has 0 aromatic rings. The van der Waals surface area contributed by atoms with E-state index in [2.05, 4.69) is 4.74 Å². The lowest BCUT2D eigenvalue weighted by molar-refractivity contribution is -0.371. The average Bonchev–Trinajstić information content (AvgIpc) is 2.11. The molecule has 0 radical (unpaired) electrons. The highest BCUT2D eigenvalue weighted by atomic mass is 16.7. The number of carboxylic acids is 1. The van der Waals surface area contributed by atoms with E-state index in [0.717, 1.165) is 0 Å². The summed E-state index contributed by atoms with van der Waals surface area (Å²) < 4.78 is 4.08. The molecule has 2 unspecified atom stereocenters. The van der Waals surface area contributed by atoms with E-state index < -0.39 is 36.4 Å². The maximum absolute atomic E-state index is 10.4. The van der Waals surface area contributed by atoms with Crippen molar-refractivity contribution in [3.05, 3.63) is 0 Å². The summed E-state index contributed by atoms with van der Waals surface area (Å²) in [6, 6.07) is 0. The standard InChI is InChI=1S/C6H10O8/c7-1-2(8)4(10)14-6(13,3(1)9)5(11)12/h1-4,7-10,13H,(H,11,12)/t1-,2+,3+,4?,6?/m1/s1. The Morgan fingerprint density at radius 2 is 1.64 bits per heavy atom. The van der Waals surface area contributed by atoms with E-state index in [4.69, 9.17) is 25.5 Å². The number of hydrogen-bond donors (Lipinski definition) is 6. The van der Waals surface area contributed by atoms with Gasteiger partial charge in [-0.1, -0.05) is 0 Å². The van der Waals surface area contributed by atoms with Gasteiger partial charge in [-0.15, -0.1) is 0 Å². The SMILES string of the molecule is O=C(O)C1(O)OC(O)[C@@H](O)[C@@H](O)[C@@H]1O. The summed E-state index contributed by atoms with van der Waals surface area (Å²) in [5.74, 6) is -5.10. The van der Waals surface area contributed by atoms with Crippen LogP contribution in [0, 0.1) is 0 Å². The molecule has 8 heteroatoms. The molecule has 6 N–H and O–H groups in total. The van der Waals surface area contributed by atoms with Gasteiger partial charge in [0, 0.05) is 0 Å². The third-order valence-corrected chi connectivity index (χ3v) is 1.97. The predicted octanol–water partition coefficient (Wildman–Crippen LogP) is -3.81. The van der Waals surface area contributed by atoms with Crippen molar-refractivity contribution in [3.63, 3.8) is 0 Å². The zero-order valence-corrected chi connectivity index (χ0v) is 6.81. The van der Waals surface area contributed by atoms with Crippen LogP contribution in [0.2, 0.25) is 0 Å². The number of aliphatic hydroxyl groups is 5. The first kappa shape index (κ1) is 11.3. The lowest BCUT2D eigenvalue weighted by atomic mass is 9.96. The van der Waals surface area contributed by atoms with Gasteiger partial charge in [0.05, 0.1) is 0 Å². The van der Waals surface area contributed by atoms with Crippen molar-refractivity contribution >= 4 is 5.97 Å². The molecule has 1 rings (SSSR count). The summed E-state index contributed by atoms with van der Waals surface area (Å²) in [7, 11) is 0. The number of ether oxygens (including phenoxy) is 1. The van der Waals surface area contributed by atoms with Crippen LogP contribution in [0.15, 0.2) is 0 Å². The first-order valence-electron chi connectivity index (χ1n) is 3.66. The van der Waals surface area contributed by atoms with Crippen LogP contribution < -0.4 is 0 Å². The molecule has 0 bridgehead atoms. The highest BCUT2D eigenvalue weighted by molar-refractivity contribution is 5.76. The fourth-order valence-corrected chi connectivity index (χ4v) is 1.09. The van der Waals surface area contributed by atoms with Crippen molar-refractivity contribution in [1.82, 2.24) is 0 Å². The molecule has 14 heavy (non-hydrogen) atoms. The Hall–Kier alpha value is -0.770. The topological polar surface area (TPSA) is 148 Å². The maximum Gasteiger partial charge on any atom is 0.367 e. The fraction of sp³-hybridized carbons (Fsp3) is 0.833. The average molecular weight is 210 g/mol. The minimum absolute atomic E-state index is 1.88. The quantitative estimate of drug-likeness (QED) is 0.258. The monoisotopic (exact) mass is 210 g/mol. The molecule has 82 valence electrons. The molecule has 5 atom stereocenters. The van der Waals surface area contributed by atoms with Gasteiger partial charge in [0.2, 0.25) is 0 Å². The van der Waals surface area contributed by atoms with Gasteiger partial charge in [-0.3, -0.25) is 0 Å². The number of hydrogen-bond acceptors (Lipinski definition) is 7. The summed E-state index contributed by atoms with van der Waals surface area (Å²) in [6.07, 6.45) is -8.24. The van der Waals surface area contributed by atoms with Crippen LogP contribution >= 0.6 is 0 Å². The lowest BCUT2D eigenvalue weighted by Gasteiger charge is -2.41. The van der Waals surface area contributed by atoms with Crippen LogP contribution in [0.5, 0.6) is 0 Å². The molecule has 1 fully saturated rings. The number of aliphatic hydroxyl groups excluding tert-OH is 4. The maximum atomic E-state index is 10.4. The Labute approximate surface area is 77.6 Å².